The van der Waals surface area contributed by atoms with Gasteiger partial charge in [0.25, 0.3) is 0 Å². The van der Waals surface area contributed by atoms with E-state index in [-0.39, 0.29) is 6.04 Å². The standard InChI is InChI=1S/C15H26N2O2S/c1-5-6-7-12(3)17-20(18,19)15-9-14(10-16)8-11(2)13(15)4/h8-9,12,17H,5-7,10,16H2,1-4H3. The largest absolute Gasteiger partial charge is 0.326 e. The van der Waals surface area contributed by atoms with Crippen molar-refractivity contribution in [3.8, 4) is 0 Å². The lowest BCUT2D eigenvalue weighted by molar-refractivity contribution is 0.533. The van der Waals surface area contributed by atoms with E-state index in [9.17, 15) is 8.42 Å². The van der Waals surface area contributed by atoms with Crippen LogP contribution < -0.4 is 10.5 Å². The quantitative estimate of drug-likeness (QED) is 0.812. The predicted molar refractivity (Wildman–Crippen MR) is 83.1 cm³/mol. The maximum absolute atomic E-state index is 12.5. The second-order valence-electron chi connectivity index (χ2n) is 5.40. The molecule has 0 heterocycles. The highest BCUT2D eigenvalue weighted by atomic mass is 32.2. The van der Waals surface area contributed by atoms with E-state index >= 15 is 0 Å². The molecule has 0 saturated carbocycles. The molecule has 3 N–H and O–H groups in total. The normalized spacial score (nSPS) is 13.4. The third-order valence-electron chi connectivity index (χ3n) is 3.55. The van der Waals surface area contributed by atoms with E-state index in [0.29, 0.717) is 11.4 Å². The minimum Gasteiger partial charge on any atom is -0.326 e. The molecule has 114 valence electrons. The lowest BCUT2D eigenvalue weighted by Crippen LogP contribution is -2.33. The number of aryl methyl sites for hydroxylation is 1. The molecule has 0 fully saturated rings. The Labute approximate surface area is 122 Å². The second-order valence-corrected chi connectivity index (χ2v) is 7.09. The molecule has 1 atom stereocenters. The summed E-state index contributed by atoms with van der Waals surface area (Å²) in [5.41, 5.74) is 8.22. The summed E-state index contributed by atoms with van der Waals surface area (Å²) in [5.74, 6) is 0. The van der Waals surface area contributed by atoms with E-state index in [0.717, 1.165) is 36.0 Å². The van der Waals surface area contributed by atoms with E-state index in [1.54, 1.807) is 6.07 Å². The number of benzene rings is 1. The van der Waals surface area contributed by atoms with Gasteiger partial charge in [0, 0.05) is 12.6 Å². The van der Waals surface area contributed by atoms with E-state index in [4.69, 9.17) is 5.73 Å². The second kappa shape index (κ2) is 7.20. The number of nitrogens with one attached hydrogen (secondary N) is 1. The van der Waals surface area contributed by atoms with Crippen molar-refractivity contribution in [2.45, 2.75) is 64.4 Å². The molecule has 0 aliphatic carbocycles. The SMILES string of the molecule is CCCCC(C)NS(=O)(=O)c1cc(CN)cc(C)c1C. The smallest absolute Gasteiger partial charge is 0.241 e. The number of rotatable bonds is 7. The fourth-order valence-electron chi connectivity index (χ4n) is 2.19. The van der Waals surface area contributed by atoms with Crippen LogP contribution >= 0.6 is 0 Å². The van der Waals surface area contributed by atoms with Crippen molar-refractivity contribution in [2.24, 2.45) is 5.73 Å². The topological polar surface area (TPSA) is 72.2 Å². The first-order valence-electron chi connectivity index (χ1n) is 7.14. The van der Waals surface area contributed by atoms with Crippen molar-refractivity contribution in [1.29, 1.82) is 0 Å². The maximum atomic E-state index is 12.5. The van der Waals surface area contributed by atoms with Gasteiger partial charge in [0.1, 0.15) is 0 Å². The first-order chi connectivity index (χ1) is 9.31. The van der Waals surface area contributed by atoms with Crippen LogP contribution in [0.5, 0.6) is 0 Å². The summed E-state index contributed by atoms with van der Waals surface area (Å²) in [5, 5.41) is 0. The number of hydrogen-bond donors (Lipinski definition) is 2. The number of nitrogens with two attached hydrogens (primary N) is 1. The van der Waals surface area contributed by atoms with Crippen LogP contribution in [-0.2, 0) is 16.6 Å². The van der Waals surface area contributed by atoms with Gasteiger partial charge >= 0.3 is 0 Å². The van der Waals surface area contributed by atoms with Gasteiger partial charge in [-0.25, -0.2) is 13.1 Å². The Morgan fingerprint density at radius 2 is 1.95 bits per heavy atom. The molecule has 0 aromatic heterocycles. The number of hydrogen-bond acceptors (Lipinski definition) is 3. The number of unbranched alkanes of at least 4 members (excludes halogenated alkanes) is 1. The molecule has 0 aliphatic heterocycles. The van der Waals surface area contributed by atoms with Crippen molar-refractivity contribution in [3.05, 3.63) is 28.8 Å². The zero-order valence-corrected chi connectivity index (χ0v) is 13.7. The van der Waals surface area contributed by atoms with Crippen LogP contribution in [0.1, 0.15) is 49.8 Å². The van der Waals surface area contributed by atoms with Crippen molar-refractivity contribution >= 4 is 10.0 Å². The molecule has 0 bridgehead atoms. The fraction of sp³-hybridized carbons (Fsp3) is 0.600. The summed E-state index contributed by atoms with van der Waals surface area (Å²) in [7, 11) is -3.48. The zero-order chi connectivity index (χ0) is 15.3. The molecule has 1 unspecified atom stereocenters. The highest BCUT2D eigenvalue weighted by Crippen LogP contribution is 2.21. The van der Waals surface area contributed by atoms with E-state index in [1.165, 1.54) is 0 Å². The van der Waals surface area contributed by atoms with Crippen LogP contribution in [0.3, 0.4) is 0 Å². The first kappa shape index (κ1) is 17.1. The van der Waals surface area contributed by atoms with Gasteiger partial charge in [0.2, 0.25) is 10.0 Å². The summed E-state index contributed by atoms with van der Waals surface area (Å²) < 4.78 is 27.7. The highest BCUT2D eigenvalue weighted by Gasteiger charge is 2.20. The van der Waals surface area contributed by atoms with Gasteiger partial charge in [-0.2, -0.15) is 0 Å². The van der Waals surface area contributed by atoms with E-state index in [2.05, 4.69) is 11.6 Å². The minimum absolute atomic E-state index is 0.0545. The molecule has 5 heteroatoms. The Balaban J connectivity index is 3.06. The maximum Gasteiger partial charge on any atom is 0.241 e. The fourth-order valence-corrected chi connectivity index (χ4v) is 3.84. The van der Waals surface area contributed by atoms with Crippen LogP contribution in [0.15, 0.2) is 17.0 Å². The van der Waals surface area contributed by atoms with Crippen LogP contribution in [0.25, 0.3) is 0 Å². The molecule has 0 radical (unpaired) electrons. The third kappa shape index (κ3) is 4.30. The van der Waals surface area contributed by atoms with Crippen molar-refractivity contribution < 1.29 is 8.42 Å². The van der Waals surface area contributed by atoms with Gasteiger partial charge < -0.3 is 5.73 Å². The highest BCUT2D eigenvalue weighted by molar-refractivity contribution is 7.89. The summed E-state index contributed by atoms with van der Waals surface area (Å²) in [6.45, 7) is 8.09. The molecule has 4 nitrogen and oxygen atoms in total. The van der Waals surface area contributed by atoms with Gasteiger partial charge in [0.05, 0.1) is 4.90 Å². The van der Waals surface area contributed by atoms with Crippen LogP contribution in [0, 0.1) is 13.8 Å². The summed E-state index contributed by atoms with van der Waals surface area (Å²) >= 11 is 0. The molecular weight excluding hydrogens is 272 g/mol. The predicted octanol–water partition coefficient (Wildman–Crippen LogP) is 2.62. The Morgan fingerprint density at radius 3 is 2.50 bits per heavy atom. The van der Waals surface area contributed by atoms with E-state index < -0.39 is 10.0 Å². The lowest BCUT2D eigenvalue weighted by Gasteiger charge is -2.17. The van der Waals surface area contributed by atoms with Gasteiger partial charge in [-0.3, -0.25) is 0 Å². The molecular formula is C15H26N2O2S. The minimum atomic E-state index is -3.48. The summed E-state index contributed by atoms with van der Waals surface area (Å²) in [6.07, 6.45) is 2.93. The monoisotopic (exact) mass is 298 g/mol. The summed E-state index contributed by atoms with van der Waals surface area (Å²) in [6, 6.07) is 3.56. The van der Waals surface area contributed by atoms with E-state index in [1.807, 2.05) is 26.8 Å². The van der Waals surface area contributed by atoms with Gasteiger partial charge in [0.15, 0.2) is 0 Å². The molecule has 0 saturated heterocycles. The Hall–Kier alpha value is -0.910. The first-order valence-corrected chi connectivity index (χ1v) is 8.62. The molecule has 0 aliphatic rings. The molecule has 1 aromatic rings. The Kier molecular flexibility index (Phi) is 6.17. The number of sulfonamides is 1. The van der Waals surface area contributed by atoms with Gasteiger partial charge in [-0.05, 0) is 49.9 Å². The molecule has 0 amide bonds. The lowest BCUT2D eigenvalue weighted by atomic mass is 10.1. The third-order valence-corrected chi connectivity index (χ3v) is 5.27. The molecule has 0 spiro atoms. The average molecular weight is 298 g/mol. The van der Waals surface area contributed by atoms with Crippen LogP contribution in [0.2, 0.25) is 0 Å². The Bertz CT molecular complexity index is 553. The van der Waals surface area contributed by atoms with Gasteiger partial charge in [-0.15, -0.1) is 0 Å². The van der Waals surface area contributed by atoms with Crippen molar-refractivity contribution in [2.75, 3.05) is 0 Å². The van der Waals surface area contributed by atoms with Gasteiger partial charge in [-0.1, -0.05) is 25.8 Å². The van der Waals surface area contributed by atoms with Crippen LogP contribution in [0.4, 0.5) is 0 Å². The van der Waals surface area contributed by atoms with Crippen LogP contribution in [-0.4, -0.2) is 14.5 Å². The van der Waals surface area contributed by atoms with Crippen molar-refractivity contribution in [1.82, 2.24) is 4.72 Å². The molecule has 20 heavy (non-hydrogen) atoms. The Morgan fingerprint density at radius 1 is 1.30 bits per heavy atom. The average Bonchev–Trinajstić information content (AvgIpc) is 2.38. The summed E-state index contributed by atoms with van der Waals surface area (Å²) in [4.78, 5) is 0.348. The molecule has 1 aromatic carbocycles. The zero-order valence-electron chi connectivity index (χ0n) is 12.9. The van der Waals surface area contributed by atoms with Crippen molar-refractivity contribution in [3.63, 3.8) is 0 Å². The molecule has 1 rings (SSSR count).